The van der Waals surface area contributed by atoms with Gasteiger partial charge in [0.15, 0.2) is 11.5 Å². The van der Waals surface area contributed by atoms with E-state index in [1.807, 2.05) is 0 Å². The van der Waals surface area contributed by atoms with Gasteiger partial charge in [-0.3, -0.25) is 0 Å². The lowest BCUT2D eigenvalue weighted by Crippen LogP contribution is -2.18. The van der Waals surface area contributed by atoms with E-state index in [9.17, 15) is 13.2 Å². The van der Waals surface area contributed by atoms with E-state index in [-0.39, 0.29) is 18.5 Å². The summed E-state index contributed by atoms with van der Waals surface area (Å²) in [5.74, 6) is -0.452. The van der Waals surface area contributed by atoms with Gasteiger partial charge >= 0.3 is 6.36 Å². The van der Waals surface area contributed by atoms with Gasteiger partial charge in [0.05, 0.1) is 12.7 Å². The highest BCUT2D eigenvalue weighted by Crippen LogP contribution is 2.33. The molecule has 0 aliphatic carbocycles. The van der Waals surface area contributed by atoms with Crippen LogP contribution in [0.2, 0.25) is 0 Å². The molecule has 0 radical (unpaired) electrons. The first-order valence-corrected chi connectivity index (χ1v) is 4.98. The fourth-order valence-corrected chi connectivity index (χ4v) is 1.21. The highest BCUT2D eigenvalue weighted by atomic mass is 19.4. The summed E-state index contributed by atoms with van der Waals surface area (Å²) in [6.45, 7) is 3.02. The molecular weight excluding hydrogens is 237 g/mol. The van der Waals surface area contributed by atoms with Crippen molar-refractivity contribution in [1.29, 1.82) is 0 Å². The zero-order valence-corrected chi connectivity index (χ0v) is 9.41. The van der Waals surface area contributed by atoms with E-state index >= 15 is 0 Å². The Bertz CT molecular complexity index is 375. The number of hydrogen-bond acceptors (Lipinski definition) is 3. The summed E-state index contributed by atoms with van der Waals surface area (Å²) in [5.41, 5.74) is 0.320. The molecule has 1 aromatic carbocycles. The van der Waals surface area contributed by atoms with Gasteiger partial charge in [-0.05, 0) is 31.5 Å². The van der Waals surface area contributed by atoms with E-state index in [1.54, 1.807) is 13.8 Å². The summed E-state index contributed by atoms with van der Waals surface area (Å²) in [4.78, 5) is 0. The molecule has 0 amide bonds. The van der Waals surface area contributed by atoms with Gasteiger partial charge in [0.2, 0.25) is 0 Å². The second kappa shape index (κ2) is 5.27. The van der Waals surface area contributed by atoms with Gasteiger partial charge in [-0.1, -0.05) is 6.07 Å². The van der Waals surface area contributed by atoms with Crippen molar-refractivity contribution in [2.24, 2.45) is 0 Å². The fourth-order valence-electron chi connectivity index (χ4n) is 1.21. The van der Waals surface area contributed by atoms with Crippen molar-refractivity contribution in [3.05, 3.63) is 23.8 Å². The summed E-state index contributed by atoms with van der Waals surface area (Å²) in [6, 6.07) is 3.92. The Morgan fingerprint density at radius 1 is 1.24 bits per heavy atom. The smallest absolute Gasteiger partial charge is 0.487 e. The molecule has 0 aromatic heterocycles. The van der Waals surface area contributed by atoms with E-state index in [0.717, 1.165) is 6.07 Å². The predicted molar refractivity (Wildman–Crippen MR) is 54.8 cm³/mol. The van der Waals surface area contributed by atoms with Gasteiger partial charge in [-0.2, -0.15) is 0 Å². The lowest BCUT2D eigenvalue weighted by atomic mass is 10.2. The maximum atomic E-state index is 12.2. The minimum absolute atomic E-state index is 0.00507. The van der Waals surface area contributed by atoms with Gasteiger partial charge < -0.3 is 14.6 Å². The largest absolute Gasteiger partial charge is 0.573 e. The Hall–Kier alpha value is -1.43. The van der Waals surface area contributed by atoms with Crippen molar-refractivity contribution in [2.75, 3.05) is 0 Å². The summed E-state index contributed by atoms with van der Waals surface area (Å²) >= 11 is 0. The quantitative estimate of drug-likeness (QED) is 0.893. The third kappa shape index (κ3) is 4.52. The predicted octanol–water partition coefficient (Wildman–Crippen LogP) is 2.86. The summed E-state index contributed by atoms with van der Waals surface area (Å²) in [6.07, 6.45) is -5.06. The van der Waals surface area contributed by atoms with Gasteiger partial charge in [-0.15, -0.1) is 13.2 Å². The molecule has 0 saturated heterocycles. The van der Waals surface area contributed by atoms with Crippen molar-refractivity contribution < 1.29 is 27.8 Å². The van der Waals surface area contributed by atoms with Crippen LogP contribution in [0.5, 0.6) is 11.5 Å². The average Bonchev–Trinajstić information content (AvgIpc) is 2.17. The Morgan fingerprint density at radius 2 is 1.88 bits per heavy atom. The molecule has 6 heteroatoms. The number of alkyl halides is 3. The zero-order valence-electron chi connectivity index (χ0n) is 9.41. The molecule has 0 heterocycles. The zero-order chi connectivity index (χ0) is 13.1. The van der Waals surface area contributed by atoms with E-state index in [1.165, 1.54) is 12.1 Å². The van der Waals surface area contributed by atoms with Crippen LogP contribution >= 0.6 is 0 Å². The molecule has 0 unspecified atom stereocenters. The van der Waals surface area contributed by atoms with Crippen molar-refractivity contribution in [3.8, 4) is 11.5 Å². The first-order valence-electron chi connectivity index (χ1n) is 4.98. The molecule has 0 atom stereocenters. The van der Waals surface area contributed by atoms with Gasteiger partial charge in [0, 0.05) is 0 Å². The van der Waals surface area contributed by atoms with Crippen LogP contribution in [0.1, 0.15) is 19.4 Å². The van der Waals surface area contributed by atoms with Crippen LogP contribution in [0.25, 0.3) is 0 Å². The lowest BCUT2D eigenvalue weighted by Gasteiger charge is -2.16. The maximum absolute atomic E-state index is 12.2. The van der Waals surface area contributed by atoms with Crippen LogP contribution in [0.3, 0.4) is 0 Å². The Morgan fingerprint density at radius 3 is 2.35 bits per heavy atom. The Kier molecular flexibility index (Phi) is 4.22. The molecule has 0 saturated carbocycles. The number of benzene rings is 1. The summed E-state index contributed by atoms with van der Waals surface area (Å²) in [7, 11) is 0. The van der Waals surface area contributed by atoms with Crippen molar-refractivity contribution >= 4 is 0 Å². The van der Waals surface area contributed by atoms with Crippen molar-refractivity contribution in [1.82, 2.24) is 0 Å². The molecule has 3 nitrogen and oxygen atoms in total. The van der Waals surface area contributed by atoms with E-state index < -0.39 is 12.1 Å². The normalized spacial score (nSPS) is 11.7. The number of halogens is 3. The maximum Gasteiger partial charge on any atom is 0.573 e. The molecule has 1 aromatic rings. The highest BCUT2D eigenvalue weighted by molar-refractivity contribution is 5.43. The number of ether oxygens (including phenoxy) is 2. The average molecular weight is 250 g/mol. The fraction of sp³-hybridized carbons (Fsp3) is 0.455. The van der Waals surface area contributed by atoms with Gasteiger partial charge in [0.25, 0.3) is 0 Å². The minimum atomic E-state index is -4.79. The summed E-state index contributed by atoms with van der Waals surface area (Å²) < 4.78 is 45.5. The van der Waals surface area contributed by atoms with Crippen LogP contribution in [0.15, 0.2) is 18.2 Å². The third-order valence-corrected chi connectivity index (χ3v) is 1.78. The first-order chi connectivity index (χ1) is 7.81. The van der Waals surface area contributed by atoms with Crippen LogP contribution in [0.4, 0.5) is 13.2 Å². The van der Waals surface area contributed by atoms with Gasteiger partial charge in [-0.25, -0.2) is 0 Å². The molecule has 17 heavy (non-hydrogen) atoms. The second-order valence-corrected chi connectivity index (χ2v) is 3.65. The van der Waals surface area contributed by atoms with E-state index in [4.69, 9.17) is 9.84 Å². The van der Waals surface area contributed by atoms with E-state index in [0.29, 0.717) is 5.56 Å². The van der Waals surface area contributed by atoms with E-state index in [2.05, 4.69) is 4.74 Å². The molecule has 0 bridgehead atoms. The number of aliphatic hydroxyl groups excluding tert-OH is 1. The molecular formula is C11H13F3O3. The third-order valence-electron chi connectivity index (χ3n) is 1.78. The molecule has 96 valence electrons. The summed E-state index contributed by atoms with van der Waals surface area (Å²) in [5, 5.41) is 8.86. The molecule has 0 aliphatic rings. The van der Waals surface area contributed by atoms with Crippen LogP contribution in [-0.4, -0.2) is 17.6 Å². The molecule has 0 fully saturated rings. The monoisotopic (exact) mass is 250 g/mol. The molecule has 1 rings (SSSR count). The number of aliphatic hydroxyl groups is 1. The number of rotatable bonds is 4. The Balaban J connectivity index is 3.03. The van der Waals surface area contributed by atoms with Crippen molar-refractivity contribution in [2.45, 2.75) is 32.9 Å². The first kappa shape index (κ1) is 13.6. The standard InChI is InChI=1S/C11H13F3O3/c1-7(2)16-9-4-3-8(6-15)5-10(9)17-11(12,13)14/h3-5,7,15H,6H2,1-2H3. The molecule has 0 spiro atoms. The number of hydrogen-bond donors (Lipinski definition) is 1. The highest BCUT2D eigenvalue weighted by Gasteiger charge is 2.32. The van der Waals surface area contributed by atoms with Gasteiger partial charge in [0.1, 0.15) is 0 Å². The SMILES string of the molecule is CC(C)Oc1ccc(CO)cc1OC(F)(F)F. The topological polar surface area (TPSA) is 38.7 Å². The Labute approximate surface area is 96.8 Å². The van der Waals surface area contributed by atoms with Crippen LogP contribution in [0, 0.1) is 0 Å². The molecule has 0 aliphatic heterocycles. The molecule has 1 N–H and O–H groups in total. The second-order valence-electron chi connectivity index (χ2n) is 3.65. The van der Waals surface area contributed by atoms with Crippen LogP contribution in [-0.2, 0) is 6.61 Å². The van der Waals surface area contributed by atoms with Crippen molar-refractivity contribution in [3.63, 3.8) is 0 Å². The van der Waals surface area contributed by atoms with Crippen LogP contribution < -0.4 is 9.47 Å². The lowest BCUT2D eigenvalue weighted by molar-refractivity contribution is -0.275. The minimum Gasteiger partial charge on any atom is -0.487 e.